The fraction of sp³-hybridized carbons (Fsp3) is 0.615. The fourth-order valence-corrected chi connectivity index (χ4v) is 2.71. The molecule has 0 aliphatic heterocycles. The Morgan fingerprint density at radius 3 is 2.88 bits per heavy atom. The molecule has 1 aliphatic rings. The monoisotopic (exact) mass is 220 g/mol. The van der Waals surface area contributed by atoms with Gasteiger partial charge in [0.15, 0.2) is 0 Å². The number of aliphatic hydroxyl groups excluding tert-OH is 1. The van der Waals surface area contributed by atoms with Crippen LogP contribution in [0.3, 0.4) is 0 Å². The number of nitrogens with zero attached hydrogens (tertiary/aromatic N) is 2. The van der Waals surface area contributed by atoms with Gasteiger partial charge in [0, 0.05) is 19.4 Å². The predicted molar refractivity (Wildman–Crippen MR) is 63.8 cm³/mol. The normalized spacial score (nSPS) is 27.6. The highest BCUT2D eigenvalue weighted by Gasteiger charge is 2.28. The average Bonchev–Trinajstić information content (AvgIpc) is 2.62. The zero-order valence-corrected chi connectivity index (χ0v) is 10.2. The Bertz CT molecular complexity index is 394. The Kier molecular flexibility index (Phi) is 3.15. The third-order valence-electron chi connectivity index (χ3n) is 3.40. The summed E-state index contributed by atoms with van der Waals surface area (Å²) in [6, 6.07) is 0. The molecule has 16 heavy (non-hydrogen) atoms. The topological polar surface area (TPSA) is 38.1 Å². The van der Waals surface area contributed by atoms with Crippen LogP contribution in [0.1, 0.15) is 38.6 Å². The summed E-state index contributed by atoms with van der Waals surface area (Å²) in [6.45, 7) is 4.36. The van der Waals surface area contributed by atoms with Gasteiger partial charge in [0.2, 0.25) is 0 Å². The number of allylic oxidation sites excluding steroid dienone is 2. The van der Waals surface area contributed by atoms with Crippen LogP contribution < -0.4 is 0 Å². The summed E-state index contributed by atoms with van der Waals surface area (Å²) in [5.74, 6) is 1.65. The van der Waals surface area contributed by atoms with Gasteiger partial charge in [-0.2, -0.15) is 0 Å². The molecule has 3 heteroatoms. The van der Waals surface area contributed by atoms with Crippen LogP contribution in [0.5, 0.6) is 0 Å². The molecule has 1 heterocycles. The highest BCUT2D eigenvalue weighted by atomic mass is 16.3. The van der Waals surface area contributed by atoms with Crippen molar-refractivity contribution in [1.82, 2.24) is 9.55 Å². The molecule has 0 fully saturated rings. The zero-order chi connectivity index (χ0) is 11.7. The minimum atomic E-state index is -0.439. The maximum atomic E-state index is 10.3. The molecule has 1 aromatic heterocycles. The third-order valence-corrected chi connectivity index (χ3v) is 3.40. The van der Waals surface area contributed by atoms with Crippen molar-refractivity contribution >= 4 is 0 Å². The maximum absolute atomic E-state index is 10.3. The van der Waals surface area contributed by atoms with E-state index >= 15 is 0 Å². The minimum Gasteiger partial charge on any atom is -0.385 e. The maximum Gasteiger partial charge on any atom is 0.137 e. The predicted octanol–water partition coefficient (Wildman–Crippen LogP) is 2.45. The standard InChI is InChI=1S/C13H20N2O/c1-9-6-10(2)8-11(7-9)12(16)13-14-4-5-15(13)3/h4-6,9,11-12,16H,7-8H2,1-3H3. The van der Waals surface area contributed by atoms with Crippen LogP contribution in [0.25, 0.3) is 0 Å². The van der Waals surface area contributed by atoms with E-state index < -0.39 is 6.10 Å². The van der Waals surface area contributed by atoms with Crippen molar-refractivity contribution in [3.63, 3.8) is 0 Å². The molecule has 0 saturated carbocycles. The van der Waals surface area contributed by atoms with Gasteiger partial charge in [0.25, 0.3) is 0 Å². The molecule has 0 radical (unpaired) electrons. The summed E-state index contributed by atoms with van der Waals surface area (Å²) in [7, 11) is 1.93. The summed E-state index contributed by atoms with van der Waals surface area (Å²) in [5, 5.41) is 10.3. The molecule has 1 N–H and O–H groups in total. The zero-order valence-electron chi connectivity index (χ0n) is 10.2. The van der Waals surface area contributed by atoms with Gasteiger partial charge in [0.05, 0.1) is 0 Å². The number of aromatic nitrogens is 2. The summed E-state index contributed by atoms with van der Waals surface area (Å²) in [4.78, 5) is 4.23. The van der Waals surface area contributed by atoms with Crippen molar-refractivity contribution in [2.45, 2.75) is 32.8 Å². The van der Waals surface area contributed by atoms with Crippen LogP contribution >= 0.6 is 0 Å². The molecule has 3 unspecified atom stereocenters. The van der Waals surface area contributed by atoms with Crippen LogP contribution in [-0.2, 0) is 7.05 Å². The van der Waals surface area contributed by atoms with Gasteiger partial charge in [-0.25, -0.2) is 4.98 Å². The van der Waals surface area contributed by atoms with E-state index in [1.54, 1.807) is 6.20 Å². The van der Waals surface area contributed by atoms with E-state index in [2.05, 4.69) is 24.9 Å². The van der Waals surface area contributed by atoms with Gasteiger partial charge >= 0.3 is 0 Å². The summed E-state index contributed by atoms with van der Waals surface area (Å²) >= 11 is 0. The lowest BCUT2D eigenvalue weighted by Gasteiger charge is -2.29. The van der Waals surface area contributed by atoms with Crippen molar-refractivity contribution in [2.24, 2.45) is 18.9 Å². The molecule has 0 amide bonds. The van der Waals surface area contributed by atoms with Crippen molar-refractivity contribution in [3.8, 4) is 0 Å². The molecule has 0 bridgehead atoms. The highest BCUT2D eigenvalue weighted by Crippen LogP contribution is 2.35. The summed E-state index contributed by atoms with van der Waals surface area (Å²) < 4.78 is 1.91. The van der Waals surface area contributed by atoms with E-state index in [4.69, 9.17) is 0 Å². The SMILES string of the molecule is CC1=CC(C)CC(C(O)c2nccn2C)C1. The van der Waals surface area contributed by atoms with Gasteiger partial charge in [-0.1, -0.05) is 18.6 Å². The Balaban J connectivity index is 2.15. The smallest absolute Gasteiger partial charge is 0.137 e. The quantitative estimate of drug-likeness (QED) is 0.777. The Labute approximate surface area is 96.8 Å². The number of hydrogen-bond donors (Lipinski definition) is 1. The van der Waals surface area contributed by atoms with Gasteiger partial charge in [-0.05, 0) is 31.6 Å². The number of hydrogen-bond acceptors (Lipinski definition) is 2. The van der Waals surface area contributed by atoms with E-state index in [1.165, 1.54) is 5.57 Å². The molecular weight excluding hydrogens is 200 g/mol. The lowest BCUT2D eigenvalue weighted by Crippen LogP contribution is -2.21. The first kappa shape index (κ1) is 11.4. The van der Waals surface area contributed by atoms with Gasteiger partial charge in [-0.3, -0.25) is 0 Å². The molecule has 3 atom stereocenters. The van der Waals surface area contributed by atoms with E-state index in [9.17, 15) is 5.11 Å². The molecular formula is C13H20N2O. The molecule has 3 nitrogen and oxygen atoms in total. The van der Waals surface area contributed by atoms with E-state index in [1.807, 2.05) is 17.8 Å². The fourth-order valence-electron chi connectivity index (χ4n) is 2.71. The first-order chi connectivity index (χ1) is 7.58. The number of imidazole rings is 1. The average molecular weight is 220 g/mol. The molecule has 0 saturated heterocycles. The Hall–Kier alpha value is -1.09. The van der Waals surface area contributed by atoms with Crippen LogP contribution in [0.15, 0.2) is 24.0 Å². The number of aliphatic hydroxyl groups is 1. The molecule has 2 rings (SSSR count). The first-order valence-electron chi connectivity index (χ1n) is 5.90. The third kappa shape index (κ3) is 2.19. The highest BCUT2D eigenvalue weighted by molar-refractivity contribution is 5.09. The molecule has 1 aromatic rings. The van der Waals surface area contributed by atoms with Crippen LogP contribution in [0.2, 0.25) is 0 Å². The van der Waals surface area contributed by atoms with E-state index in [0.717, 1.165) is 18.7 Å². The molecule has 88 valence electrons. The van der Waals surface area contributed by atoms with Crippen molar-refractivity contribution < 1.29 is 5.11 Å². The molecule has 0 aromatic carbocycles. The number of rotatable bonds is 2. The largest absolute Gasteiger partial charge is 0.385 e. The first-order valence-corrected chi connectivity index (χ1v) is 5.90. The lowest BCUT2D eigenvalue weighted by molar-refractivity contribution is 0.0828. The van der Waals surface area contributed by atoms with Gasteiger partial charge in [-0.15, -0.1) is 0 Å². The van der Waals surface area contributed by atoms with Crippen molar-refractivity contribution in [1.29, 1.82) is 0 Å². The second-order valence-corrected chi connectivity index (χ2v) is 5.03. The van der Waals surface area contributed by atoms with Crippen LogP contribution in [0, 0.1) is 11.8 Å². The Morgan fingerprint density at radius 2 is 2.31 bits per heavy atom. The van der Waals surface area contributed by atoms with E-state index in [-0.39, 0.29) is 0 Å². The van der Waals surface area contributed by atoms with Gasteiger partial charge < -0.3 is 9.67 Å². The second kappa shape index (κ2) is 4.42. The summed E-state index contributed by atoms with van der Waals surface area (Å²) in [5.41, 5.74) is 1.39. The minimum absolute atomic E-state index is 0.307. The van der Waals surface area contributed by atoms with Crippen molar-refractivity contribution in [2.75, 3.05) is 0 Å². The molecule has 0 spiro atoms. The Morgan fingerprint density at radius 1 is 1.56 bits per heavy atom. The van der Waals surface area contributed by atoms with Gasteiger partial charge in [0.1, 0.15) is 11.9 Å². The van der Waals surface area contributed by atoms with Crippen LogP contribution in [0.4, 0.5) is 0 Å². The number of aryl methyl sites for hydroxylation is 1. The molecule has 1 aliphatic carbocycles. The second-order valence-electron chi connectivity index (χ2n) is 5.03. The van der Waals surface area contributed by atoms with Crippen LogP contribution in [-0.4, -0.2) is 14.7 Å². The van der Waals surface area contributed by atoms with E-state index in [0.29, 0.717) is 11.8 Å². The lowest BCUT2D eigenvalue weighted by atomic mass is 9.80. The van der Waals surface area contributed by atoms with Crippen molar-refractivity contribution in [3.05, 3.63) is 29.9 Å². The summed E-state index contributed by atoms with van der Waals surface area (Å²) in [6.07, 6.45) is 7.53.